The Kier molecular flexibility index (Phi) is 12.5. The van der Waals surface area contributed by atoms with Gasteiger partial charge in [0.2, 0.25) is 11.8 Å². The summed E-state index contributed by atoms with van der Waals surface area (Å²) in [7, 11) is -4.25. The normalized spacial score (nSPS) is 11.7. The van der Waals surface area contributed by atoms with Crippen LogP contribution in [-0.4, -0.2) is 44.3 Å². The molecular weight excluding hydrogens is 693 g/mol. The van der Waals surface area contributed by atoms with Crippen LogP contribution in [0.1, 0.15) is 24.5 Å². The third-order valence-corrected chi connectivity index (χ3v) is 10.4. The van der Waals surface area contributed by atoms with E-state index < -0.39 is 28.5 Å². The van der Waals surface area contributed by atoms with Crippen molar-refractivity contribution < 1.29 is 22.7 Å². The van der Waals surface area contributed by atoms with Gasteiger partial charge in [0.15, 0.2) is 0 Å². The summed E-state index contributed by atoms with van der Waals surface area (Å²) in [5.74, 6) is 0.157. The minimum absolute atomic E-state index is 0.00923. The van der Waals surface area contributed by atoms with Gasteiger partial charge in [0, 0.05) is 19.5 Å². The molecule has 0 spiro atoms. The first kappa shape index (κ1) is 36.5. The Hall–Kier alpha value is -4.83. The molecule has 5 aromatic rings. The van der Waals surface area contributed by atoms with Gasteiger partial charge < -0.3 is 15.0 Å². The SMILES string of the molecule is CCCNC(=O)C(Cc1ccccc1)N(Cc1ccc(Cl)c(Cl)c1)C(=O)CN(c1ccc(Oc2ccccc2)cc1)S(=O)(=O)c1ccccc1. The van der Waals surface area contributed by atoms with Gasteiger partial charge in [0.05, 0.1) is 20.6 Å². The molecule has 2 amide bonds. The molecule has 0 aliphatic carbocycles. The molecule has 5 aromatic carbocycles. The number of amides is 2. The van der Waals surface area contributed by atoms with Crippen LogP contribution >= 0.6 is 23.2 Å². The summed E-state index contributed by atoms with van der Waals surface area (Å²) >= 11 is 12.6. The third-order valence-electron chi connectivity index (χ3n) is 7.87. The maximum absolute atomic E-state index is 14.6. The van der Waals surface area contributed by atoms with Crippen molar-refractivity contribution in [3.63, 3.8) is 0 Å². The first-order valence-electron chi connectivity index (χ1n) is 16.1. The number of hydrogen-bond acceptors (Lipinski definition) is 5. The Morgan fingerprint density at radius 3 is 1.96 bits per heavy atom. The number of ether oxygens (including phenoxy) is 1. The summed E-state index contributed by atoms with van der Waals surface area (Å²) in [4.78, 5) is 29.9. The molecule has 1 unspecified atom stereocenters. The fraction of sp³-hybridized carbons (Fsp3) is 0.179. The van der Waals surface area contributed by atoms with Crippen LogP contribution in [0.15, 0.2) is 138 Å². The molecule has 0 heterocycles. The van der Waals surface area contributed by atoms with Gasteiger partial charge in [0.1, 0.15) is 24.1 Å². The average Bonchev–Trinajstić information content (AvgIpc) is 3.14. The second-order valence-corrected chi connectivity index (χ2v) is 14.2. The van der Waals surface area contributed by atoms with Gasteiger partial charge in [-0.3, -0.25) is 13.9 Å². The number of hydrogen-bond donors (Lipinski definition) is 1. The molecule has 11 heteroatoms. The molecular formula is C39H37Cl2N3O5S. The van der Waals surface area contributed by atoms with Crippen molar-refractivity contribution in [2.24, 2.45) is 0 Å². The van der Waals surface area contributed by atoms with Crippen LogP contribution in [0.25, 0.3) is 0 Å². The van der Waals surface area contributed by atoms with Gasteiger partial charge in [0.25, 0.3) is 10.0 Å². The molecule has 1 atom stereocenters. The van der Waals surface area contributed by atoms with Crippen molar-refractivity contribution in [3.8, 4) is 11.5 Å². The highest BCUT2D eigenvalue weighted by atomic mass is 35.5. The molecule has 0 aromatic heterocycles. The van der Waals surface area contributed by atoms with Crippen molar-refractivity contribution in [1.29, 1.82) is 0 Å². The molecule has 0 aliphatic heterocycles. The number of carbonyl (C=O) groups excluding carboxylic acids is 2. The standard InChI is InChI=1S/C39H37Cl2N3O5S/c1-2-24-42-39(46)37(26-29-12-6-3-7-13-29)43(27-30-18-23-35(40)36(41)25-30)38(45)28-44(50(47,48)34-16-10-5-11-17-34)31-19-21-33(22-20-31)49-32-14-8-4-9-15-32/h3-23,25,37H,2,24,26-28H2,1H3,(H,42,46). The fourth-order valence-electron chi connectivity index (χ4n) is 5.31. The van der Waals surface area contributed by atoms with Crippen LogP contribution in [0.5, 0.6) is 11.5 Å². The lowest BCUT2D eigenvalue weighted by atomic mass is 10.0. The van der Waals surface area contributed by atoms with Crippen LogP contribution in [0.3, 0.4) is 0 Å². The molecule has 0 saturated carbocycles. The molecule has 1 N–H and O–H groups in total. The zero-order valence-corrected chi connectivity index (χ0v) is 29.7. The molecule has 0 bridgehead atoms. The van der Waals surface area contributed by atoms with E-state index >= 15 is 0 Å². The van der Waals surface area contributed by atoms with Gasteiger partial charge in [-0.05, 0) is 78.2 Å². The second kappa shape index (κ2) is 17.2. The highest BCUT2D eigenvalue weighted by molar-refractivity contribution is 7.92. The molecule has 0 radical (unpaired) electrons. The molecule has 0 saturated heterocycles. The van der Waals surface area contributed by atoms with E-state index in [9.17, 15) is 18.0 Å². The van der Waals surface area contributed by atoms with Crippen molar-refractivity contribution >= 4 is 50.7 Å². The summed E-state index contributed by atoms with van der Waals surface area (Å²) in [6.07, 6.45) is 0.887. The Morgan fingerprint density at radius 2 is 1.34 bits per heavy atom. The minimum atomic E-state index is -4.25. The number of nitrogens with zero attached hydrogens (tertiary/aromatic N) is 2. The van der Waals surface area contributed by atoms with E-state index in [2.05, 4.69) is 5.32 Å². The summed E-state index contributed by atoms with van der Waals surface area (Å²) < 4.78 is 35.5. The Labute approximate surface area is 303 Å². The zero-order valence-electron chi connectivity index (χ0n) is 27.4. The maximum Gasteiger partial charge on any atom is 0.264 e. The van der Waals surface area contributed by atoms with Crippen molar-refractivity contribution in [2.75, 3.05) is 17.4 Å². The number of halogens is 2. The molecule has 0 aliphatic rings. The van der Waals surface area contributed by atoms with Gasteiger partial charge in [-0.25, -0.2) is 8.42 Å². The predicted molar refractivity (Wildman–Crippen MR) is 198 cm³/mol. The molecule has 258 valence electrons. The number of carbonyl (C=O) groups is 2. The second-order valence-electron chi connectivity index (χ2n) is 11.5. The molecule has 5 rings (SSSR count). The van der Waals surface area contributed by atoms with Crippen LogP contribution in [0, 0.1) is 0 Å². The zero-order chi connectivity index (χ0) is 35.5. The van der Waals surface area contributed by atoms with Crippen molar-refractivity contribution in [2.45, 2.75) is 37.2 Å². The Bertz CT molecular complexity index is 1980. The van der Waals surface area contributed by atoms with Gasteiger partial charge in [-0.1, -0.05) is 103 Å². The van der Waals surface area contributed by atoms with Crippen LogP contribution in [0.4, 0.5) is 5.69 Å². The summed E-state index contributed by atoms with van der Waals surface area (Å²) in [6, 6.07) is 36.9. The summed E-state index contributed by atoms with van der Waals surface area (Å²) in [6.45, 7) is 1.72. The van der Waals surface area contributed by atoms with E-state index in [1.165, 1.54) is 17.0 Å². The summed E-state index contributed by atoms with van der Waals surface area (Å²) in [5, 5.41) is 3.57. The lowest BCUT2D eigenvalue weighted by Crippen LogP contribution is -2.53. The van der Waals surface area contributed by atoms with E-state index in [1.807, 2.05) is 67.6 Å². The molecule has 0 fully saturated rings. The highest BCUT2D eigenvalue weighted by Gasteiger charge is 2.34. The van der Waals surface area contributed by atoms with Crippen LogP contribution in [0.2, 0.25) is 10.0 Å². The topological polar surface area (TPSA) is 96.0 Å². The smallest absolute Gasteiger partial charge is 0.264 e. The predicted octanol–water partition coefficient (Wildman–Crippen LogP) is 8.15. The molecule has 50 heavy (non-hydrogen) atoms. The number of anilines is 1. The number of sulfonamides is 1. The number of benzene rings is 5. The van der Waals surface area contributed by atoms with E-state index in [4.69, 9.17) is 27.9 Å². The maximum atomic E-state index is 14.6. The lowest BCUT2D eigenvalue weighted by Gasteiger charge is -2.34. The monoisotopic (exact) mass is 729 g/mol. The van der Waals surface area contributed by atoms with E-state index in [0.29, 0.717) is 35.1 Å². The largest absolute Gasteiger partial charge is 0.457 e. The van der Waals surface area contributed by atoms with Gasteiger partial charge in [-0.15, -0.1) is 0 Å². The van der Waals surface area contributed by atoms with Crippen LogP contribution < -0.4 is 14.4 Å². The van der Waals surface area contributed by atoms with E-state index in [0.717, 1.165) is 9.87 Å². The van der Waals surface area contributed by atoms with Crippen molar-refractivity contribution in [3.05, 3.63) is 155 Å². The fourth-order valence-corrected chi connectivity index (χ4v) is 7.06. The van der Waals surface area contributed by atoms with E-state index in [-0.39, 0.29) is 34.5 Å². The average molecular weight is 731 g/mol. The minimum Gasteiger partial charge on any atom is -0.457 e. The Balaban J connectivity index is 1.55. The summed E-state index contributed by atoms with van der Waals surface area (Å²) in [5.41, 5.74) is 1.69. The van der Waals surface area contributed by atoms with Gasteiger partial charge in [-0.2, -0.15) is 0 Å². The number of nitrogens with one attached hydrogen (secondary N) is 1. The van der Waals surface area contributed by atoms with E-state index in [1.54, 1.807) is 60.7 Å². The lowest BCUT2D eigenvalue weighted by molar-refractivity contribution is -0.140. The Morgan fingerprint density at radius 1 is 0.740 bits per heavy atom. The molecule has 8 nitrogen and oxygen atoms in total. The first-order chi connectivity index (χ1) is 24.2. The third kappa shape index (κ3) is 9.44. The van der Waals surface area contributed by atoms with Crippen molar-refractivity contribution in [1.82, 2.24) is 10.2 Å². The quantitative estimate of drug-likeness (QED) is 0.117. The van der Waals surface area contributed by atoms with Crippen LogP contribution in [-0.2, 0) is 32.6 Å². The number of rotatable bonds is 15. The van der Waals surface area contributed by atoms with Gasteiger partial charge >= 0.3 is 0 Å². The highest BCUT2D eigenvalue weighted by Crippen LogP contribution is 2.29. The first-order valence-corrected chi connectivity index (χ1v) is 18.3. The number of para-hydroxylation sites is 1.